The van der Waals surface area contributed by atoms with E-state index in [2.05, 4.69) is 29.5 Å². The first kappa shape index (κ1) is 16.8. The van der Waals surface area contributed by atoms with Gasteiger partial charge in [-0.2, -0.15) is 0 Å². The van der Waals surface area contributed by atoms with Crippen molar-refractivity contribution in [2.24, 2.45) is 0 Å². The van der Waals surface area contributed by atoms with Crippen LogP contribution in [0.4, 0.5) is 10.1 Å². The van der Waals surface area contributed by atoms with Gasteiger partial charge in [-0.25, -0.2) is 9.07 Å². The molecule has 0 aliphatic rings. The third kappa shape index (κ3) is 3.57. The van der Waals surface area contributed by atoms with E-state index >= 15 is 0 Å². The maximum Gasteiger partial charge on any atom is 0.278 e. The van der Waals surface area contributed by atoms with Gasteiger partial charge in [-0.3, -0.25) is 4.79 Å². The van der Waals surface area contributed by atoms with Gasteiger partial charge >= 0.3 is 0 Å². The minimum absolute atomic E-state index is 0.234. The first-order chi connectivity index (χ1) is 12.0. The van der Waals surface area contributed by atoms with E-state index in [0.29, 0.717) is 17.3 Å². The van der Waals surface area contributed by atoms with E-state index in [1.807, 2.05) is 24.3 Å². The quantitative estimate of drug-likeness (QED) is 0.779. The fourth-order valence-corrected chi connectivity index (χ4v) is 2.51. The number of nitrogens with one attached hydrogen (secondary N) is 1. The predicted octanol–water partition coefficient (Wildman–Crippen LogP) is 4.09. The number of anilines is 1. The second-order valence-electron chi connectivity index (χ2n) is 6.14. The number of hydrogen-bond donors (Lipinski definition) is 1. The number of carbonyl (C=O) groups is 1. The molecule has 5 nitrogen and oxygen atoms in total. The van der Waals surface area contributed by atoms with E-state index in [9.17, 15) is 9.18 Å². The molecule has 0 saturated heterocycles. The maximum atomic E-state index is 12.9. The zero-order valence-electron chi connectivity index (χ0n) is 14.3. The Bertz CT molecular complexity index is 883. The molecule has 3 aromatic rings. The number of amides is 1. The SMILES string of the molecule is Cc1c(C(=O)Nc2ccc(F)cc2)nnn1-c1ccc(C(C)C)cc1. The fraction of sp³-hybridized carbons (Fsp3) is 0.211. The van der Waals surface area contributed by atoms with Gasteiger partial charge in [-0.05, 0) is 54.8 Å². The Kier molecular flexibility index (Phi) is 4.61. The van der Waals surface area contributed by atoms with Crippen molar-refractivity contribution in [2.45, 2.75) is 26.7 Å². The molecule has 0 aliphatic heterocycles. The molecule has 6 heteroatoms. The molecule has 0 saturated carbocycles. The van der Waals surface area contributed by atoms with Gasteiger partial charge in [0.15, 0.2) is 5.69 Å². The van der Waals surface area contributed by atoms with Crippen LogP contribution in [0.25, 0.3) is 5.69 Å². The van der Waals surface area contributed by atoms with Crippen molar-refractivity contribution in [3.8, 4) is 5.69 Å². The molecule has 0 aliphatic carbocycles. The second kappa shape index (κ2) is 6.84. The summed E-state index contributed by atoms with van der Waals surface area (Å²) in [5.74, 6) is -0.290. The molecule has 1 aromatic heterocycles. The van der Waals surface area contributed by atoms with Crippen LogP contribution in [0.5, 0.6) is 0 Å². The summed E-state index contributed by atoms with van der Waals surface area (Å²) in [6, 6.07) is 13.6. The molecule has 1 N–H and O–H groups in total. The molecule has 0 radical (unpaired) electrons. The number of benzene rings is 2. The van der Waals surface area contributed by atoms with Crippen LogP contribution >= 0.6 is 0 Å². The molecule has 128 valence electrons. The Labute approximate surface area is 145 Å². The van der Waals surface area contributed by atoms with Crippen LogP contribution in [0.1, 0.15) is 41.5 Å². The lowest BCUT2D eigenvalue weighted by Gasteiger charge is -2.08. The van der Waals surface area contributed by atoms with Crippen LogP contribution < -0.4 is 5.32 Å². The summed E-state index contributed by atoms with van der Waals surface area (Å²) in [6.45, 7) is 6.05. The van der Waals surface area contributed by atoms with Gasteiger partial charge in [0.2, 0.25) is 0 Å². The lowest BCUT2D eigenvalue weighted by atomic mass is 10.0. The number of hydrogen-bond acceptors (Lipinski definition) is 3. The standard InChI is InChI=1S/C19H19FN4O/c1-12(2)14-4-10-17(11-5-14)24-13(3)18(22-23-24)19(25)21-16-8-6-15(20)7-9-16/h4-12H,1-3H3,(H,21,25). The highest BCUT2D eigenvalue weighted by Gasteiger charge is 2.17. The zero-order valence-corrected chi connectivity index (χ0v) is 14.3. The van der Waals surface area contributed by atoms with E-state index in [-0.39, 0.29) is 17.4 Å². The van der Waals surface area contributed by atoms with Gasteiger partial charge in [0, 0.05) is 5.69 Å². The van der Waals surface area contributed by atoms with Gasteiger partial charge in [0.05, 0.1) is 11.4 Å². The number of aromatic nitrogens is 3. The van der Waals surface area contributed by atoms with Crippen molar-refractivity contribution in [3.05, 3.63) is 71.3 Å². The average molecular weight is 338 g/mol. The topological polar surface area (TPSA) is 59.8 Å². The van der Waals surface area contributed by atoms with Crippen LogP contribution in [0.15, 0.2) is 48.5 Å². The minimum atomic E-state index is -0.380. The van der Waals surface area contributed by atoms with Crippen LogP contribution in [0, 0.1) is 12.7 Å². The lowest BCUT2D eigenvalue weighted by Crippen LogP contribution is -2.14. The van der Waals surface area contributed by atoms with Crippen molar-refractivity contribution in [1.82, 2.24) is 15.0 Å². The highest BCUT2D eigenvalue weighted by molar-refractivity contribution is 6.03. The highest BCUT2D eigenvalue weighted by atomic mass is 19.1. The Morgan fingerprint density at radius 1 is 1.08 bits per heavy atom. The molecule has 0 atom stereocenters. The fourth-order valence-electron chi connectivity index (χ4n) is 2.51. The summed E-state index contributed by atoms with van der Waals surface area (Å²) in [5.41, 5.74) is 3.45. The average Bonchev–Trinajstić information content (AvgIpc) is 2.98. The van der Waals surface area contributed by atoms with E-state index in [1.54, 1.807) is 11.6 Å². The summed E-state index contributed by atoms with van der Waals surface area (Å²) >= 11 is 0. The molecule has 0 spiro atoms. The summed E-state index contributed by atoms with van der Waals surface area (Å²) in [7, 11) is 0. The molecule has 0 fully saturated rings. The predicted molar refractivity (Wildman–Crippen MR) is 94.5 cm³/mol. The first-order valence-corrected chi connectivity index (χ1v) is 8.05. The van der Waals surface area contributed by atoms with E-state index in [1.165, 1.54) is 29.8 Å². The van der Waals surface area contributed by atoms with Gasteiger partial charge in [-0.1, -0.05) is 31.2 Å². The van der Waals surface area contributed by atoms with Crippen molar-refractivity contribution < 1.29 is 9.18 Å². The molecule has 3 rings (SSSR count). The Balaban J connectivity index is 1.82. The number of rotatable bonds is 4. The summed E-state index contributed by atoms with van der Waals surface area (Å²) in [6.07, 6.45) is 0. The van der Waals surface area contributed by atoms with E-state index in [4.69, 9.17) is 0 Å². The summed E-state index contributed by atoms with van der Waals surface area (Å²) in [4.78, 5) is 12.4. The van der Waals surface area contributed by atoms with E-state index < -0.39 is 0 Å². The van der Waals surface area contributed by atoms with Crippen LogP contribution in [0.3, 0.4) is 0 Å². The van der Waals surface area contributed by atoms with Crippen molar-refractivity contribution in [2.75, 3.05) is 5.32 Å². The molecule has 1 amide bonds. The largest absolute Gasteiger partial charge is 0.321 e. The molecule has 2 aromatic carbocycles. The Hall–Kier alpha value is -3.02. The maximum absolute atomic E-state index is 12.9. The van der Waals surface area contributed by atoms with Gasteiger partial charge in [0.25, 0.3) is 5.91 Å². The Morgan fingerprint density at radius 3 is 2.32 bits per heavy atom. The molecule has 0 unspecified atom stereocenters. The van der Waals surface area contributed by atoms with Crippen LogP contribution in [-0.2, 0) is 0 Å². The summed E-state index contributed by atoms with van der Waals surface area (Å²) in [5, 5.41) is 10.8. The molecular weight excluding hydrogens is 319 g/mol. The summed E-state index contributed by atoms with van der Waals surface area (Å²) < 4.78 is 14.6. The minimum Gasteiger partial charge on any atom is -0.321 e. The molecular formula is C19H19FN4O. The monoisotopic (exact) mass is 338 g/mol. The number of carbonyl (C=O) groups excluding carboxylic acids is 1. The van der Waals surface area contributed by atoms with Crippen molar-refractivity contribution in [3.63, 3.8) is 0 Å². The van der Waals surface area contributed by atoms with Crippen LogP contribution in [-0.4, -0.2) is 20.9 Å². The lowest BCUT2D eigenvalue weighted by molar-refractivity contribution is 0.102. The van der Waals surface area contributed by atoms with Crippen LogP contribution in [0.2, 0.25) is 0 Å². The van der Waals surface area contributed by atoms with Gasteiger partial charge in [0.1, 0.15) is 5.82 Å². The van der Waals surface area contributed by atoms with Crippen molar-refractivity contribution in [1.29, 1.82) is 0 Å². The Morgan fingerprint density at radius 2 is 1.72 bits per heavy atom. The number of halogens is 1. The molecule has 1 heterocycles. The van der Waals surface area contributed by atoms with Gasteiger partial charge in [-0.15, -0.1) is 5.10 Å². The molecule has 25 heavy (non-hydrogen) atoms. The third-order valence-corrected chi connectivity index (χ3v) is 4.02. The second-order valence-corrected chi connectivity index (χ2v) is 6.14. The smallest absolute Gasteiger partial charge is 0.278 e. The van der Waals surface area contributed by atoms with Crippen molar-refractivity contribution >= 4 is 11.6 Å². The zero-order chi connectivity index (χ0) is 18.0. The first-order valence-electron chi connectivity index (χ1n) is 8.05. The third-order valence-electron chi connectivity index (χ3n) is 4.02. The number of nitrogens with zero attached hydrogens (tertiary/aromatic N) is 3. The normalized spacial score (nSPS) is 10.9. The molecule has 0 bridgehead atoms. The van der Waals surface area contributed by atoms with E-state index in [0.717, 1.165) is 5.69 Å². The van der Waals surface area contributed by atoms with Gasteiger partial charge < -0.3 is 5.32 Å². The highest BCUT2D eigenvalue weighted by Crippen LogP contribution is 2.18.